The van der Waals surface area contributed by atoms with Crippen molar-refractivity contribution in [3.8, 4) is 0 Å². The second-order valence-corrected chi connectivity index (χ2v) is 6.68. The van der Waals surface area contributed by atoms with Gasteiger partial charge in [0.2, 0.25) is 0 Å². The van der Waals surface area contributed by atoms with Gasteiger partial charge in [0.15, 0.2) is 0 Å². The fourth-order valence-corrected chi connectivity index (χ4v) is 3.39. The van der Waals surface area contributed by atoms with Gasteiger partial charge in [0.1, 0.15) is 5.65 Å². The lowest BCUT2D eigenvalue weighted by molar-refractivity contribution is -0.124. The predicted molar refractivity (Wildman–Crippen MR) is 111 cm³/mol. The quantitative estimate of drug-likeness (QED) is 0.205. The van der Waals surface area contributed by atoms with Gasteiger partial charge in [-0.2, -0.15) is 0 Å². The first-order chi connectivity index (χ1) is 13.6. The lowest BCUT2D eigenvalue weighted by Crippen LogP contribution is -2.14. The predicted octanol–water partition coefficient (Wildman–Crippen LogP) is 4.23. The molecular weight excluding hydrogens is 352 g/mol. The topological polar surface area (TPSA) is 102 Å². The van der Waals surface area contributed by atoms with E-state index < -0.39 is 5.91 Å². The number of carbonyl (C=O) groups is 1. The second kappa shape index (κ2) is 9.10. The Morgan fingerprint density at radius 1 is 1.32 bits per heavy atom. The van der Waals surface area contributed by atoms with Crippen molar-refractivity contribution in [2.24, 2.45) is 0 Å². The van der Waals surface area contributed by atoms with Gasteiger partial charge in [-0.25, -0.2) is 10.5 Å². The normalized spacial score (nSPS) is 12.4. The average Bonchev–Trinajstić information content (AvgIpc) is 3.15. The molecule has 0 aliphatic carbocycles. The molecule has 0 radical (unpaired) electrons. The first-order valence-corrected chi connectivity index (χ1v) is 9.32. The van der Waals surface area contributed by atoms with E-state index in [2.05, 4.69) is 23.0 Å². The van der Waals surface area contributed by atoms with Gasteiger partial charge in [-0.1, -0.05) is 31.2 Å². The number of nitrogens with zero attached hydrogens (tertiary/aromatic N) is 1. The van der Waals surface area contributed by atoms with Gasteiger partial charge < -0.3 is 10.4 Å². The maximum Gasteiger partial charge on any atom is 0.267 e. The van der Waals surface area contributed by atoms with Crippen LogP contribution in [0.1, 0.15) is 42.4 Å². The van der Waals surface area contributed by atoms with Gasteiger partial charge in [0.05, 0.1) is 0 Å². The van der Waals surface area contributed by atoms with Gasteiger partial charge in [0, 0.05) is 35.5 Å². The van der Waals surface area contributed by atoms with Gasteiger partial charge >= 0.3 is 0 Å². The van der Waals surface area contributed by atoms with E-state index >= 15 is 0 Å². The second-order valence-electron chi connectivity index (χ2n) is 6.68. The minimum atomic E-state index is -0.565. The molecule has 1 atom stereocenters. The molecule has 0 fully saturated rings. The smallest absolute Gasteiger partial charge is 0.267 e. The van der Waals surface area contributed by atoms with E-state index in [4.69, 9.17) is 10.6 Å². The third-order valence-corrected chi connectivity index (χ3v) is 4.91. The molecule has 6 nitrogen and oxygen atoms in total. The molecule has 1 amide bonds. The largest absolute Gasteiger partial charge is 0.346 e. The summed E-state index contributed by atoms with van der Waals surface area (Å²) in [5.74, 6) is -0.494. The Hall–Kier alpha value is -3.25. The summed E-state index contributed by atoms with van der Waals surface area (Å²) >= 11 is 0. The van der Waals surface area contributed by atoms with Crippen molar-refractivity contribution in [3.05, 3.63) is 71.6 Å². The maximum absolute atomic E-state index is 11.1. The van der Waals surface area contributed by atoms with Crippen molar-refractivity contribution in [2.45, 2.75) is 32.1 Å². The van der Waals surface area contributed by atoms with Gasteiger partial charge in [-0.15, -0.1) is 0 Å². The number of H-pyrrole nitrogens is 1. The third-order valence-electron chi connectivity index (χ3n) is 4.91. The Labute approximate surface area is 163 Å². The van der Waals surface area contributed by atoms with Crippen LogP contribution in [0.5, 0.6) is 0 Å². The van der Waals surface area contributed by atoms with Crippen LogP contribution in [0.3, 0.4) is 0 Å². The molecule has 0 unspecified atom stereocenters. The molecule has 0 aliphatic rings. The molecule has 3 rings (SSSR count). The third kappa shape index (κ3) is 4.53. The molecule has 144 valence electrons. The number of aryl methyl sites for hydroxylation is 1. The molecule has 6 heteroatoms. The number of fused-ring (bicyclic) bond motifs is 1. The Morgan fingerprint density at radius 2 is 2.11 bits per heavy atom. The Balaban J connectivity index is 1.66. The minimum absolute atomic E-state index is 0.0714. The molecule has 0 bridgehead atoms. The number of benzene rings is 1. The van der Waals surface area contributed by atoms with E-state index in [1.807, 2.05) is 36.5 Å². The zero-order valence-electron chi connectivity index (χ0n) is 15.8. The summed E-state index contributed by atoms with van der Waals surface area (Å²) in [5.41, 5.74) is 6.30. The molecule has 0 saturated heterocycles. The van der Waals surface area contributed by atoms with Crippen molar-refractivity contribution < 1.29 is 10.0 Å². The number of hydroxylamine groups is 1. The summed E-state index contributed by atoms with van der Waals surface area (Å²) in [5, 5.41) is 18.2. The van der Waals surface area contributed by atoms with Crippen LogP contribution in [0.15, 0.2) is 54.9 Å². The van der Waals surface area contributed by atoms with E-state index in [0.717, 1.165) is 35.0 Å². The summed E-state index contributed by atoms with van der Waals surface area (Å²) in [6.07, 6.45) is 9.01. The molecule has 4 N–H and O–H groups in total. The highest BCUT2D eigenvalue weighted by Crippen LogP contribution is 2.25. The van der Waals surface area contributed by atoms with Crippen LogP contribution >= 0.6 is 0 Å². The number of aromatic nitrogens is 2. The number of amides is 1. The van der Waals surface area contributed by atoms with Crippen LogP contribution in [0, 0.1) is 5.41 Å². The van der Waals surface area contributed by atoms with Crippen LogP contribution in [0.25, 0.3) is 17.1 Å². The van der Waals surface area contributed by atoms with Crippen molar-refractivity contribution in [1.82, 2.24) is 15.4 Å². The van der Waals surface area contributed by atoms with Crippen molar-refractivity contribution in [2.75, 3.05) is 0 Å². The van der Waals surface area contributed by atoms with Crippen molar-refractivity contribution >= 4 is 28.7 Å². The number of aromatic amines is 1. The summed E-state index contributed by atoms with van der Waals surface area (Å²) in [6, 6.07) is 11.8. The molecule has 1 aromatic carbocycles. The van der Waals surface area contributed by atoms with E-state index in [1.54, 1.807) is 17.8 Å². The SMILES string of the molecule is CC[C@H](C(=N)CCc1c[nH]c2ncccc12)c1ccc(/C=C/C(=O)NO)cc1. The molecular formula is C22H24N4O2. The number of rotatable bonds is 8. The van der Waals surface area contributed by atoms with Crippen LogP contribution in [-0.4, -0.2) is 26.8 Å². The van der Waals surface area contributed by atoms with E-state index in [0.29, 0.717) is 12.1 Å². The molecule has 2 aromatic heterocycles. The molecule has 0 saturated carbocycles. The maximum atomic E-state index is 11.1. The fourth-order valence-electron chi connectivity index (χ4n) is 3.39. The van der Waals surface area contributed by atoms with Crippen molar-refractivity contribution in [1.29, 1.82) is 5.41 Å². The Bertz CT molecular complexity index is 989. The zero-order chi connectivity index (χ0) is 19.9. The molecule has 3 aromatic rings. The van der Waals surface area contributed by atoms with Gasteiger partial charge in [0.25, 0.3) is 5.91 Å². The monoisotopic (exact) mass is 376 g/mol. The number of nitrogens with one attached hydrogen (secondary N) is 3. The number of pyridine rings is 1. The highest BCUT2D eigenvalue weighted by Gasteiger charge is 2.16. The molecule has 0 spiro atoms. The first-order valence-electron chi connectivity index (χ1n) is 9.32. The molecule has 2 heterocycles. The standard InChI is InChI=1S/C22H24N4O2/c1-2-18(16-8-5-15(6-9-16)7-12-21(27)26-28)20(23)11-10-17-14-25-22-19(17)4-3-13-24-22/h3-9,12-14,18,23,28H,2,10-11H2,1H3,(H,24,25)(H,26,27)/b12-7+,23-20?/t18-/m0/s1. The Kier molecular flexibility index (Phi) is 6.34. The van der Waals surface area contributed by atoms with E-state index in [9.17, 15) is 4.79 Å². The summed E-state index contributed by atoms with van der Waals surface area (Å²) < 4.78 is 0. The van der Waals surface area contributed by atoms with Gasteiger partial charge in [-0.3, -0.25) is 10.0 Å². The minimum Gasteiger partial charge on any atom is -0.346 e. The van der Waals surface area contributed by atoms with E-state index in [-0.39, 0.29) is 5.92 Å². The highest BCUT2D eigenvalue weighted by atomic mass is 16.5. The van der Waals surface area contributed by atoms with Crippen LogP contribution in [0.4, 0.5) is 0 Å². The lowest BCUT2D eigenvalue weighted by atomic mass is 9.88. The number of hydrogen-bond acceptors (Lipinski definition) is 4. The lowest BCUT2D eigenvalue weighted by Gasteiger charge is -2.17. The number of carbonyl (C=O) groups excluding carboxylic acids is 1. The van der Waals surface area contributed by atoms with Crippen LogP contribution < -0.4 is 5.48 Å². The molecule has 28 heavy (non-hydrogen) atoms. The zero-order valence-corrected chi connectivity index (χ0v) is 15.8. The van der Waals surface area contributed by atoms with Crippen LogP contribution in [0.2, 0.25) is 0 Å². The summed E-state index contributed by atoms with van der Waals surface area (Å²) in [4.78, 5) is 18.6. The summed E-state index contributed by atoms with van der Waals surface area (Å²) in [6.45, 7) is 2.09. The van der Waals surface area contributed by atoms with Gasteiger partial charge in [-0.05, 0) is 54.2 Å². The van der Waals surface area contributed by atoms with Crippen molar-refractivity contribution in [3.63, 3.8) is 0 Å². The number of hydrogen-bond donors (Lipinski definition) is 4. The molecule has 0 aliphatic heterocycles. The van der Waals surface area contributed by atoms with Crippen LogP contribution in [-0.2, 0) is 11.2 Å². The average molecular weight is 376 g/mol. The summed E-state index contributed by atoms with van der Waals surface area (Å²) in [7, 11) is 0. The first kappa shape index (κ1) is 19.5. The fraction of sp³-hybridized carbons (Fsp3) is 0.227. The highest BCUT2D eigenvalue weighted by molar-refractivity contribution is 5.91. The Morgan fingerprint density at radius 3 is 2.82 bits per heavy atom. The van der Waals surface area contributed by atoms with E-state index in [1.165, 1.54) is 11.6 Å².